The highest BCUT2D eigenvalue weighted by Crippen LogP contribution is 2.33. The molecule has 3 aromatic rings. The van der Waals surface area contributed by atoms with Gasteiger partial charge < -0.3 is 14.5 Å². The number of amides is 2. The number of benzene rings is 2. The molecule has 0 saturated carbocycles. The lowest BCUT2D eigenvalue weighted by Crippen LogP contribution is -2.47. The molecule has 0 spiro atoms. The summed E-state index contributed by atoms with van der Waals surface area (Å²) in [6, 6.07) is 15.7. The maximum atomic E-state index is 12.6. The van der Waals surface area contributed by atoms with Gasteiger partial charge in [-0.1, -0.05) is 35.6 Å². The van der Waals surface area contributed by atoms with E-state index in [1.54, 1.807) is 11.9 Å². The average molecular weight is 382 g/mol. The first-order valence-electron chi connectivity index (χ1n) is 9.02. The van der Waals surface area contributed by atoms with Crippen LogP contribution >= 0.6 is 11.3 Å². The topological polar surface area (TPSA) is 57.7 Å². The number of nitrogens with one attached hydrogen (secondary N) is 1. The Bertz CT molecular complexity index is 925. The highest BCUT2D eigenvalue weighted by Gasteiger charge is 2.26. The van der Waals surface area contributed by atoms with Gasteiger partial charge in [0.1, 0.15) is 11.9 Å². The fourth-order valence-electron chi connectivity index (χ4n) is 3.27. The number of rotatable bonds is 4. The van der Waals surface area contributed by atoms with Gasteiger partial charge in [0.2, 0.25) is 0 Å². The van der Waals surface area contributed by atoms with E-state index < -0.39 is 0 Å². The van der Waals surface area contributed by atoms with Crippen LogP contribution in [-0.2, 0) is 0 Å². The molecule has 0 radical (unpaired) electrons. The van der Waals surface area contributed by atoms with Gasteiger partial charge in [-0.25, -0.2) is 9.78 Å². The van der Waals surface area contributed by atoms with Gasteiger partial charge in [0.25, 0.3) is 0 Å². The van der Waals surface area contributed by atoms with E-state index in [9.17, 15) is 4.79 Å². The number of likely N-dealkylation sites (N-methyl/N-ethyl adjacent to an activating group) is 2. The lowest BCUT2D eigenvalue weighted by Gasteiger charge is -2.37. The van der Waals surface area contributed by atoms with Crippen LogP contribution in [0.5, 0.6) is 5.75 Å². The van der Waals surface area contributed by atoms with Crippen LogP contribution in [0, 0.1) is 0 Å². The second-order valence-electron chi connectivity index (χ2n) is 6.54. The molecule has 1 atom stereocenters. The molecule has 0 saturated heterocycles. The third-order valence-electron chi connectivity index (χ3n) is 4.64. The van der Waals surface area contributed by atoms with E-state index in [1.807, 2.05) is 42.5 Å². The Kier molecular flexibility index (Phi) is 4.85. The van der Waals surface area contributed by atoms with Crippen LogP contribution in [0.25, 0.3) is 10.2 Å². The van der Waals surface area contributed by atoms with Crippen molar-refractivity contribution in [3.63, 3.8) is 0 Å². The third kappa shape index (κ3) is 3.68. The first kappa shape index (κ1) is 17.6. The fraction of sp³-hybridized carbons (Fsp3) is 0.300. The number of thiazole rings is 1. The van der Waals surface area contributed by atoms with Crippen LogP contribution in [0.3, 0.4) is 0 Å². The normalized spacial score (nSPS) is 15.9. The molecule has 0 aliphatic carbocycles. The number of anilines is 2. The number of nitrogens with zero attached hydrogens (tertiary/aromatic N) is 3. The quantitative estimate of drug-likeness (QED) is 0.740. The minimum atomic E-state index is -0.181. The van der Waals surface area contributed by atoms with Crippen molar-refractivity contribution in [1.82, 2.24) is 9.88 Å². The van der Waals surface area contributed by atoms with Gasteiger partial charge in [-0.2, -0.15) is 0 Å². The Morgan fingerprint density at radius 3 is 2.89 bits per heavy atom. The lowest BCUT2D eigenvalue weighted by molar-refractivity contribution is 0.150. The standard InChI is InChI=1S/C20H22N4O2S/c1-3-24-13-14(26-17-10-6-5-9-16(17)24)12-23(2)20(25)22-19-21-15-8-4-7-11-18(15)27-19/h4-11,14H,3,12-13H2,1-2H3,(H,21,22,25)/t14-/m1/s1. The molecule has 27 heavy (non-hydrogen) atoms. The van der Waals surface area contributed by atoms with Crippen molar-refractivity contribution in [3.05, 3.63) is 48.5 Å². The molecular formula is C20H22N4O2S. The highest BCUT2D eigenvalue weighted by atomic mass is 32.1. The summed E-state index contributed by atoms with van der Waals surface area (Å²) in [5.74, 6) is 0.871. The summed E-state index contributed by atoms with van der Waals surface area (Å²) < 4.78 is 7.16. The van der Waals surface area contributed by atoms with Gasteiger partial charge in [-0.15, -0.1) is 0 Å². The molecular weight excluding hydrogens is 360 g/mol. The van der Waals surface area contributed by atoms with Crippen LogP contribution in [0.2, 0.25) is 0 Å². The number of fused-ring (bicyclic) bond motifs is 2. The van der Waals surface area contributed by atoms with E-state index >= 15 is 0 Å². The number of urea groups is 1. The minimum absolute atomic E-state index is 0.0778. The molecule has 0 bridgehead atoms. The Balaban J connectivity index is 1.41. The molecule has 0 fully saturated rings. The zero-order chi connectivity index (χ0) is 18.8. The van der Waals surface area contributed by atoms with Crippen molar-refractivity contribution in [3.8, 4) is 5.75 Å². The van der Waals surface area contributed by atoms with Crippen molar-refractivity contribution in [1.29, 1.82) is 0 Å². The zero-order valence-electron chi connectivity index (χ0n) is 15.4. The molecule has 2 amide bonds. The summed E-state index contributed by atoms with van der Waals surface area (Å²) in [5, 5.41) is 3.50. The van der Waals surface area contributed by atoms with Crippen molar-refractivity contribution >= 4 is 38.4 Å². The maximum absolute atomic E-state index is 12.6. The largest absolute Gasteiger partial charge is 0.485 e. The predicted molar refractivity (Wildman–Crippen MR) is 110 cm³/mol. The van der Waals surface area contributed by atoms with Crippen molar-refractivity contribution in [2.45, 2.75) is 13.0 Å². The predicted octanol–water partition coefficient (Wildman–Crippen LogP) is 4.05. The van der Waals surface area contributed by atoms with Crippen LogP contribution < -0.4 is 15.0 Å². The van der Waals surface area contributed by atoms with Crippen LogP contribution in [0.4, 0.5) is 15.6 Å². The van der Waals surface area contributed by atoms with Crippen LogP contribution in [0.15, 0.2) is 48.5 Å². The van der Waals surface area contributed by atoms with E-state index in [2.05, 4.69) is 28.2 Å². The molecule has 1 aliphatic rings. The highest BCUT2D eigenvalue weighted by molar-refractivity contribution is 7.22. The summed E-state index contributed by atoms with van der Waals surface area (Å²) >= 11 is 1.47. The Labute approximate surface area is 162 Å². The minimum Gasteiger partial charge on any atom is -0.485 e. The molecule has 0 unspecified atom stereocenters. The van der Waals surface area contributed by atoms with Gasteiger partial charge in [-0.05, 0) is 31.2 Å². The number of carbonyl (C=O) groups is 1. The molecule has 6 nitrogen and oxygen atoms in total. The van der Waals surface area contributed by atoms with E-state index in [0.717, 1.165) is 34.7 Å². The van der Waals surface area contributed by atoms with E-state index in [-0.39, 0.29) is 12.1 Å². The Morgan fingerprint density at radius 1 is 1.30 bits per heavy atom. The van der Waals surface area contributed by atoms with E-state index in [0.29, 0.717) is 11.7 Å². The Hall–Kier alpha value is -2.80. The summed E-state index contributed by atoms with van der Waals surface area (Å²) in [5.41, 5.74) is 2.00. The lowest BCUT2D eigenvalue weighted by atomic mass is 10.2. The first-order chi connectivity index (χ1) is 13.1. The maximum Gasteiger partial charge on any atom is 0.323 e. The third-order valence-corrected chi connectivity index (χ3v) is 5.59. The second kappa shape index (κ2) is 7.44. The van der Waals surface area contributed by atoms with Gasteiger partial charge in [0.15, 0.2) is 5.13 Å². The molecule has 2 aromatic carbocycles. The summed E-state index contributed by atoms with van der Waals surface area (Å²) in [6.45, 7) is 4.29. The number of aromatic nitrogens is 1. The molecule has 7 heteroatoms. The first-order valence-corrected chi connectivity index (χ1v) is 9.84. The molecule has 1 aromatic heterocycles. The van der Waals surface area contributed by atoms with Crippen LogP contribution in [0.1, 0.15) is 6.92 Å². The van der Waals surface area contributed by atoms with Gasteiger partial charge in [0, 0.05) is 13.6 Å². The van der Waals surface area contributed by atoms with E-state index in [4.69, 9.17) is 4.74 Å². The molecule has 1 aliphatic heterocycles. The zero-order valence-corrected chi connectivity index (χ0v) is 16.2. The smallest absolute Gasteiger partial charge is 0.323 e. The summed E-state index contributed by atoms with van der Waals surface area (Å²) in [6.07, 6.45) is -0.0778. The van der Waals surface area contributed by atoms with E-state index in [1.165, 1.54) is 11.3 Å². The van der Waals surface area contributed by atoms with Gasteiger partial charge in [-0.3, -0.25) is 5.32 Å². The number of hydrogen-bond acceptors (Lipinski definition) is 5. The van der Waals surface area contributed by atoms with Crippen molar-refractivity contribution < 1.29 is 9.53 Å². The molecule has 140 valence electrons. The summed E-state index contributed by atoms with van der Waals surface area (Å²) in [4.78, 5) is 21.0. The van der Waals surface area contributed by atoms with Crippen LogP contribution in [-0.4, -0.2) is 48.7 Å². The number of para-hydroxylation sites is 3. The molecule has 2 heterocycles. The second-order valence-corrected chi connectivity index (χ2v) is 7.57. The van der Waals surface area contributed by atoms with Gasteiger partial charge >= 0.3 is 6.03 Å². The van der Waals surface area contributed by atoms with Gasteiger partial charge in [0.05, 0.1) is 29.0 Å². The molecule has 4 rings (SSSR count). The fourth-order valence-corrected chi connectivity index (χ4v) is 4.13. The number of hydrogen-bond donors (Lipinski definition) is 1. The Morgan fingerprint density at radius 2 is 2.07 bits per heavy atom. The van der Waals surface area contributed by atoms with Crippen molar-refractivity contribution in [2.75, 3.05) is 36.9 Å². The molecule has 1 N–H and O–H groups in total. The summed E-state index contributed by atoms with van der Waals surface area (Å²) in [7, 11) is 1.78. The number of ether oxygens (including phenoxy) is 1. The number of carbonyl (C=O) groups excluding carboxylic acids is 1. The van der Waals surface area contributed by atoms with Crippen molar-refractivity contribution in [2.24, 2.45) is 0 Å². The SMILES string of the molecule is CCN1C[C@@H](CN(C)C(=O)Nc2nc3ccccc3s2)Oc2ccccc21. The monoisotopic (exact) mass is 382 g/mol. The average Bonchev–Trinajstić information content (AvgIpc) is 3.09.